The van der Waals surface area contributed by atoms with E-state index in [-0.39, 0.29) is 0 Å². The third kappa shape index (κ3) is 6.22. The summed E-state index contributed by atoms with van der Waals surface area (Å²) < 4.78 is 0. The van der Waals surface area contributed by atoms with E-state index in [2.05, 4.69) is 38.7 Å². The first-order valence-electron chi connectivity index (χ1n) is 8.09. The predicted octanol–water partition coefficient (Wildman–Crippen LogP) is 5.69. The molecule has 0 radical (unpaired) electrons. The Bertz CT molecular complexity index is 345. The van der Waals surface area contributed by atoms with Gasteiger partial charge in [0.05, 0.1) is 0 Å². The van der Waals surface area contributed by atoms with Crippen molar-refractivity contribution in [2.75, 3.05) is 0 Å². The molecule has 0 spiro atoms. The van der Waals surface area contributed by atoms with E-state index in [1.807, 2.05) is 0 Å². The van der Waals surface area contributed by atoms with Gasteiger partial charge in [0.25, 0.3) is 0 Å². The molecule has 1 aromatic heterocycles. The van der Waals surface area contributed by atoms with Crippen LogP contribution in [0.3, 0.4) is 0 Å². The van der Waals surface area contributed by atoms with Gasteiger partial charge in [0.2, 0.25) is 0 Å². The monoisotopic (exact) mass is 261 g/mol. The number of unbranched alkanes of at least 4 members (excludes halogenated alkanes) is 7. The van der Waals surface area contributed by atoms with E-state index in [9.17, 15) is 0 Å². The minimum absolute atomic E-state index is 1.15. The largest absolute Gasteiger partial charge is 0.258 e. The molecule has 0 atom stereocenters. The predicted molar refractivity (Wildman–Crippen MR) is 84.8 cm³/mol. The molecule has 0 unspecified atom stereocenters. The van der Waals surface area contributed by atoms with Crippen molar-refractivity contribution in [2.24, 2.45) is 0 Å². The van der Waals surface area contributed by atoms with Crippen molar-refractivity contribution in [2.45, 2.75) is 85.5 Å². The van der Waals surface area contributed by atoms with Gasteiger partial charge in [-0.25, -0.2) is 0 Å². The fourth-order valence-corrected chi connectivity index (χ4v) is 2.86. The Morgan fingerprint density at radius 2 is 1.42 bits per heavy atom. The van der Waals surface area contributed by atoms with Gasteiger partial charge in [-0.3, -0.25) is 4.98 Å². The topological polar surface area (TPSA) is 12.9 Å². The second-order valence-corrected chi connectivity index (χ2v) is 5.87. The summed E-state index contributed by atoms with van der Waals surface area (Å²) in [6, 6.07) is 2.22. The fraction of sp³-hybridized carbons (Fsp3) is 0.722. The zero-order valence-corrected chi connectivity index (χ0v) is 13.4. The molecule has 0 saturated carbocycles. The molecule has 0 saturated heterocycles. The maximum Gasteiger partial charge on any atom is 0.0410 e. The average molecular weight is 261 g/mol. The lowest BCUT2D eigenvalue weighted by Gasteiger charge is -2.10. The summed E-state index contributed by atoms with van der Waals surface area (Å²) >= 11 is 0. The van der Waals surface area contributed by atoms with E-state index in [0.29, 0.717) is 0 Å². The highest BCUT2D eigenvalue weighted by molar-refractivity contribution is 5.30. The van der Waals surface area contributed by atoms with Gasteiger partial charge >= 0.3 is 0 Å². The van der Waals surface area contributed by atoms with Gasteiger partial charge in [0.15, 0.2) is 0 Å². The van der Waals surface area contributed by atoms with Crippen LogP contribution in [0.15, 0.2) is 6.07 Å². The fourth-order valence-electron chi connectivity index (χ4n) is 2.86. The van der Waals surface area contributed by atoms with Gasteiger partial charge in [-0.15, -0.1) is 0 Å². The highest BCUT2D eigenvalue weighted by Gasteiger charge is 2.04. The molecule has 1 rings (SSSR count). The highest BCUT2D eigenvalue weighted by Crippen LogP contribution is 2.17. The molecule has 0 amide bonds. The molecule has 0 aliphatic heterocycles. The highest BCUT2D eigenvalue weighted by atomic mass is 14.7. The molecule has 1 heteroatoms. The smallest absolute Gasteiger partial charge is 0.0410 e. The Kier molecular flexibility index (Phi) is 7.78. The number of rotatable bonds is 9. The molecular formula is C18H31N. The van der Waals surface area contributed by atoms with Crippen LogP contribution >= 0.6 is 0 Å². The van der Waals surface area contributed by atoms with Crippen LogP contribution in [0.2, 0.25) is 0 Å². The number of aromatic nitrogens is 1. The van der Waals surface area contributed by atoms with Crippen molar-refractivity contribution in [3.63, 3.8) is 0 Å². The Morgan fingerprint density at radius 3 is 2.00 bits per heavy atom. The summed E-state index contributed by atoms with van der Waals surface area (Å²) in [5.74, 6) is 0. The molecule has 1 nitrogen and oxygen atoms in total. The zero-order valence-electron chi connectivity index (χ0n) is 13.4. The van der Waals surface area contributed by atoms with E-state index in [1.54, 1.807) is 0 Å². The molecule has 0 aromatic carbocycles. The van der Waals surface area contributed by atoms with Crippen molar-refractivity contribution in [1.29, 1.82) is 0 Å². The van der Waals surface area contributed by atoms with E-state index in [0.717, 1.165) is 5.69 Å². The maximum absolute atomic E-state index is 4.58. The standard InChI is InChI=1S/C18H31N/c1-5-6-7-8-9-10-11-12-13-18-15(2)14-16(3)19-17(18)4/h14H,5-13H2,1-4H3. The van der Waals surface area contributed by atoms with E-state index < -0.39 is 0 Å². The van der Waals surface area contributed by atoms with Crippen molar-refractivity contribution >= 4 is 0 Å². The molecule has 1 heterocycles. The van der Waals surface area contributed by atoms with Gasteiger partial charge in [-0.05, 0) is 50.8 Å². The van der Waals surface area contributed by atoms with Crippen molar-refractivity contribution in [3.8, 4) is 0 Å². The first-order chi connectivity index (χ1) is 9.15. The van der Waals surface area contributed by atoms with Crippen LogP contribution in [0.25, 0.3) is 0 Å². The van der Waals surface area contributed by atoms with E-state index in [4.69, 9.17) is 0 Å². The SMILES string of the molecule is CCCCCCCCCCc1c(C)cc(C)nc1C. The van der Waals surface area contributed by atoms with Gasteiger partial charge in [-0.1, -0.05) is 51.9 Å². The summed E-state index contributed by atoms with van der Waals surface area (Å²) in [6.45, 7) is 8.74. The van der Waals surface area contributed by atoms with Crippen molar-refractivity contribution in [1.82, 2.24) is 4.98 Å². The summed E-state index contributed by atoms with van der Waals surface area (Å²) in [7, 11) is 0. The number of pyridine rings is 1. The number of aryl methyl sites for hydroxylation is 3. The second kappa shape index (κ2) is 9.12. The lowest BCUT2D eigenvalue weighted by atomic mass is 9.99. The minimum Gasteiger partial charge on any atom is -0.258 e. The van der Waals surface area contributed by atoms with Crippen molar-refractivity contribution in [3.05, 3.63) is 28.6 Å². The van der Waals surface area contributed by atoms with Crippen LogP contribution in [0.4, 0.5) is 0 Å². The van der Waals surface area contributed by atoms with E-state index in [1.165, 1.54) is 74.6 Å². The van der Waals surface area contributed by atoms with Crippen LogP contribution < -0.4 is 0 Å². The molecule has 0 bridgehead atoms. The summed E-state index contributed by atoms with van der Waals surface area (Å²) in [4.78, 5) is 4.58. The lowest BCUT2D eigenvalue weighted by molar-refractivity contribution is 0.574. The number of hydrogen-bond donors (Lipinski definition) is 0. The van der Waals surface area contributed by atoms with Gasteiger partial charge in [0.1, 0.15) is 0 Å². The molecular weight excluding hydrogens is 230 g/mol. The Balaban J connectivity index is 2.19. The lowest BCUT2D eigenvalue weighted by Crippen LogP contribution is -1.99. The van der Waals surface area contributed by atoms with Gasteiger partial charge in [-0.2, -0.15) is 0 Å². The summed E-state index contributed by atoms with van der Waals surface area (Å²) in [6.07, 6.45) is 12.3. The first kappa shape index (κ1) is 16.2. The molecule has 0 aliphatic carbocycles. The zero-order chi connectivity index (χ0) is 14.1. The molecule has 0 fully saturated rings. The van der Waals surface area contributed by atoms with Crippen LogP contribution in [0, 0.1) is 20.8 Å². The normalized spacial score (nSPS) is 10.9. The Morgan fingerprint density at radius 1 is 0.842 bits per heavy atom. The van der Waals surface area contributed by atoms with Crippen LogP contribution in [0.1, 0.15) is 80.8 Å². The Labute approximate surface area is 119 Å². The Hall–Kier alpha value is -0.850. The average Bonchev–Trinajstić information content (AvgIpc) is 2.35. The van der Waals surface area contributed by atoms with Gasteiger partial charge in [0, 0.05) is 11.4 Å². The molecule has 108 valence electrons. The molecule has 1 aromatic rings. The number of nitrogens with zero attached hydrogens (tertiary/aromatic N) is 1. The first-order valence-corrected chi connectivity index (χ1v) is 8.09. The van der Waals surface area contributed by atoms with Crippen LogP contribution in [0.5, 0.6) is 0 Å². The van der Waals surface area contributed by atoms with Crippen molar-refractivity contribution < 1.29 is 0 Å². The maximum atomic E-state index is 4.58. The second-order valence-electron chi connectivity index (χ2n) is 5.87. The minimum atomic E-state index is 1.15. The number of hydrogen-bond acceptors (Lipinski definition) is 1. The third-order valence-electron chi connectivity index (χ3n) is 3.96. The van der Waals surface area contributed by atoms with E-state index >= 15 is 0 Å². The third-order valence-corrected chi connectivity index (χ3v) is 3.96. The summed E-state index contributed by atoms with van der Waals surface area (Å²) in [5.41, 5.74) is 5.29. The van der Waals surface area contributed by atoms with Crippen LogP contribution in [-0.4, -0.2) is 4.98 Å². The summed E-state index contributed by atoms with van der Waals surface area (Å²) in [5, 5.41) is 0. The molecule has 0 N–H and O–H groups in total. The van der Waals surface area contributed by atoms with Gasteiger partial charge < -0.3 is 0 Å². The van der Waals surface area contributed by atoms with Crippen LogP contribution in [-0.2, 0) is 6.42 Å². The quantitative estimate of drug-likeness (QED) is 0.520. The molecule has 19 heavy (non-hydrogen) atoms. The molecule has 0 aliphatic rings.